The topological polar surface area (TPSA) is 38.1 Å². The highest BCUT2D eigenvalue weighted by Gasteiger charge is 2.34. The Morgan fingerprint density at radius 1 is 0.725 bits per heavy atom. The van der Waals surface area contributed by atoms with Crippen molar-refractivity contribution in [2.45, 2.75) is 135 Å². The van der Waals surface area contributed by atoms with Gasteiger partial charge < -0.3 is 9.47 Å². The van der Waals surface area contributed by atoms with Crippen LogP contribution < -0.4 is 4.90 Å². The summed E-state index contributed by atoms with van der Waals surface area (Å²) in [5.74, 6) is 1.43. The van der Waals surface area contributed by atoms with Gasteiger partial charge in [0.1, 0.15) is 5.82 Å². The highest BCUT2D eigenvalue weighted by Crippen LogP contribution is 2.33. The maximum Gasteiger partial charge on any atom is 0.227 e. The lowest BCUT2D eigenvalue weighted by atomic mass is 10.0. The van der Waals surface area contributed by atoms with Crippen molar-refractivity contribution in [1.82, 2.24) is 9.55 Å². The molecule has 0 spiro atoms. The van der Waals surface area contributed by atoms with Crippen LogP contribution in [-0.2, 0) is 11.3 Å². The van der Waals surface area contributed by atoms with E-state index in [0.717, 1.165) is 23.6 Å². The summed E-state index contributed by atoms with van der Waals surface area (Å²) in [5, 5.41) is 0. The van der Waals surface area contributed by atoms with E-state index in [2.05, 4.69) is 66.9 Å². The van der Waals surface area contributed by atoms with Crippen LogP contribution in [0.3, 0.4) is 0 Å². The van der Waals surface area contributed by atoms with Crippen LogP contribution in [0.15, 0.2) is 48.5 Å². The summed E-state index contributed by atoms with van der Waals surface area (Å²) >= 11 is 0. The van der Waals surface area contributed by atoms with Gasteiger partial charge in [-0.1, -0.05) is 133 Å². The molecule has 1 aromatic heterocycles. The molecule has 40 heavy (non-hydrogen) atoms. The van der Waals surface area contributed by atoms with Gasteiger partial charge in [-0.3, -0.25) is 4.79 Å². The summed E-state index contributed by atoms with van der Waals surface area (Å²) in [6.45, 7) is 6.08. The molecule has 0 saturated carbocycles. The zero-order valence-corrected chi connectivity index (χ0v) is 25.4. The molecule has 0 aliphatic carbocycles. The molecule has 3 aromatic rings. The fourth-order valence-corrected chi connectivity index (χ4v) is 6.31. The number of rotatable bonds is 19. The van der Waals surface area contributed by atoms with Crippen LogP contribution in [-0.4, -0.2) is 22.0 Å². The van der Waals surface area contributed by atoms with Gasteiger partial charge in [0, 0.05) is 31.1 Å². The summed E-state index contributed by atoms with van der Waals surface area (Å²) in [7, 11) is 0. The van der Waals surface area contributed by atoms with E-state index in [0.29, 0.717) is 13.0 Å². The number of carbonyl (C=O) groups excluding carboxylic acids is 1. The van der Waals surface area contributed by atoms with E-state index in [9.17, 15) is 4.79 Å². The first-order valence-electron chi connectivity index (χ1n) is 16.5. The number of unbranched alkanes of at least 4 members (excludes halogenated alkanes) is 15. The predicted molar refractivity (Wildman–Crippen MR) is 170 cm³/mol. The third-order valence-corrected chi connectivity index (χ3v) is 8.76. The van der Waals surface area contributed by atoms with E-state index < -0.39 is 0 Å². The SMILES string of the molecule is CCCCCCCCCCCCCCCCCCn1c([C@@H]2CC(=O)N(c3ccc(C)cc3)C2)nc2ccccc21. The molecular formula is C36H53N3O. The van der Waals surface area contributed by atoms with Gasteiger partial charge in [0.05, 0.1) is 11.0 Å². The van der Waals surface area contributed by atoms with Gasteiger partial charge in [0.15, 0.2) is 0 Å². The van der Waals surface area contributed by atoms with Crippen molar-refractivity contribution in [1.29, 1.82) is 0 Å². The van der Waals surface area contributed by atoms with E-state index in [1.54, 1.807) is 0 Å². The number of amides is 1. The third-order valence-electron chi connectivity index (χ3n) is 8.76. The number of hydrogen-bond donors (Lipinski definition) is 0. The van der Waals surface area contributed by atoms with Crippen molar-refractivity contribution >= 4 is 22.6 Å². The van der Waals surface area contributed by atoms with Crippen LogP contribution in [0.5, 0.6) is 0 Å². The number of hydrogen-bond acceptors (Lipinski definition) is 2. The quantitative estimate of drug-likeness (QED) is 0.141. The lowest BCUT2D eigenvalue weighted by molar-refractivity contribution is -0.117. The molecule has 0 bridgehead atoms. The van der Waals surface area contributed by atoms with Gasteiger partial charge in [0.25, 0.3) is 0 Å². The second-order valence-electron chi connectivity index (χ2n) is 12.2. The zero-order valence-electron chi connectivity index (χ0n) is 25.4. The maximum absolute atomic E-state index is 13.0. The molecule has 4 heteroatoms. The minimum absolute atomic E-state index is 0.141. The highest BCUT2D eigenvalue weighted by molar-refractivity contribution is 5.96. The first kappa shape index (κ1) is 30.3. The fraction of sp³-hybridized carbons (Fsp3) is 0.611. The maximum atomic E-state index is 13.0. The number of imidazole rings is 1. The number of para-hydroxylation sites is 2. The standard InChI is InChI=1S/C36H53N3O/c1-3-4-5-6-7-8-9-10-11-12-13-14-15-16-17-20-27-38-34-22-19-18-21-33(34)37-36(38)31-28-35(40)39(29-31)32-25-23-30(2)24-26-32/h18-19,21-26,31H,3-17,20,27-29H2,1-2H3/t31-/m1/s1. The second-order valence-corrected chi connectivity index (χ2v) is 12.2. The second kappa shape index (κ2) is 16.6. The smallest absolute Gasteiger partial charge is 0.227 e. The predicted octanol–water partition coefficient (Wildman–Crippen LogP) is 10.1. The summed E-state index contributed by atoms with van der Waals surface area (Å²) < 4.78 is 2.41. The Labute approximate surface area is 243 Å². The molecule has 4 rings (SSSR count). The molecule has 2 heterocycles. The van der Waals surface area contributed by atoms with E-state index in [1.165, 1.54) is 114 Å². The van der Waals surface area contributed by atoms with Gasteiger partial charge in [-0.25, -0.2) is 4.98 Å². The molecule has 1 amide bonds. The van der Waals surface area contributed by atoms with Crippen LogP contribution in [0.25, 0.3) is 11.0 Å². The van der Waals surface area contributed by atoms with Crippen LogP contribution in [0.4, 0.5) is 5.69 Å². The largest absolute Gasteiger partial charge is 0.328 e. The molecule has 4 nitrogen and oxygen atoms in total. The highest BCUT2D eigenvalue weighted by atomic mass is 16.2. The monoisotopic (exact) mass is 543 g/mol. The molecule has 1 saturated heterocycles. The van der Waals surface area contributed by atoms with Crippen LogP contribution >= 0.6 is 0 Å². The molecule has 0 radical (unpaired) electrons. The fourth-order valence-electron chi connectivity index (χ4n) is 6.31. The van der Waals surface area contributed by atoms with Crippen LogP contribution in [0.1, 0.15) is 133 Å². The molecule has 218 valence electrons. The zero-order chi connectivity index (χ0) is 28.0. The van der Waals surface area contributed by atoms with Crippen LogP contribution in [0, 0.1) is 6.92 Å². The Morgan fingerprint density at radius 2 is 1.27 bits per heavy atom. The van der Waals surface area contributed by atoms with Crippen LogP contribution in [0.2, 0.25) is 0 Å². The molecular weight excluding hydrogens is 490 g/mol. The molecule has 1 atom stereocenters. The van der Waals surface area contributed by atoms with Crippen molar-refractivity contribution in [3.05, 3.63) is 59.9 Å². The third kappa shape index (κ3) is 8.94. The minimum Gasteiger partial charge on any atom is -0.328 e. The molecule has 2 aromatic carbocycles. The van der Waals surface area contributed by atoms with Crippen molar-refractivity contribution in [2.24, 2.45) is 0 Å². The number of benzene rings is 2. The lowest BCUT2D eigenvalue weighted by Crippen LogP contribution is -2.24. The Bertz CT molecular complexity index is 1150. The average Bonchev–Trinajstić information content (AvgIpc) is 3.53. The number of fused-ring (bicyclic) bond motifs is 1. The normalized spacial score (nSPS) is 15.5. The van der Waals surface area contributed by atoms with Crippen molar-refractivity contribution < 1.29 is 4.79 Å². The average molecular weight is 544 g/mol. The molecule has 1 aliphatic rings. The Balaban J connectivity index is 1.16. The number of aromatic nitrogens is 2. The van der Waals surface area contributed by atoms with E-state index in [-0.39, 0.29) is 11.8 Å². The summed E-state index contributed by atoms with van der Waals surface area (Å²) in [5.41, 5.74) is 4.47. The first-order chi connectivity index (χ1) is 19.7. The molecule has 0 N–H and O–H groups in total. The van der Waals surface area contributed by atoms with Gasteiger partial charge in [0.2, 0.25) is 5.91 Å². The Hall–Kier alpha value is -2.62. The number of anilines is 1. The summed E-state index contributed by atoms with van der Waals surface area (Å²) in [4.78, 5) is 20.0. The molecule has 1 fully saturated rings. The molecule has 1 aliphatic heterocycles. The van der Waals surface area contributed by atoms with Gasteiger partial charge >= 0.3 is 0 Å². The first-order valence-corrected chi connectivity index (χ1v) is 16.5. The van der Waals surface area contributed by atoms with E-state index in [1.807, 2.05) is 4.90 Å². The van der Waals surface area contributed by atoms with Gasteiger partial charge in [-0.05, 0) is 37.6 Å². The van der Waals surface area contributed by atoms with E-state index in [4.69, 9.17) is 4.98 Å². The van der Waals surface area contributed by atoms with E-state index >= 15 is 0 Å². The van der Waals surface area contributed by atoms with Crippen molar-refractivity contribution in [3.8, 4) is 0 Å². The summed E-state index contributed by atoms with van der Waals surface area (Å²) in [6.07, 6.45) is 22.7. The van der Waals surface area contributed by atoms with Gasteiger partial charge in [-0.2, -0.15) is 0 Å². The lowest BCUT2D eigenvalue weighted by Gasteiger charge is -2.17. The number of nitrogens with zero attached hydrogens (tertiary/aromatic N) is 3. The Morgan fingerprint density at radius 3 is 1.88 bits per heavy atom. The van der Waals surface area contributed by atoms with Crippen molar-refractivity contribution in [3.63, 3.8) is 0 Å². The number of aryl methyl sites for hydroxylation is 2. The van der Waals surface area contributed by atoms with Gasteiger partial charge in [-0.15, -0.1) is 0 Å². The minimum atomic E-state index is 0.141. The summed E-state index contributed by atoms with van der Waals surface area (Å²) in [6, 6.07) is 16.8. The number of carbonyl (C=O) groups is 1. The Kier molecular flexibility index (Phi) is 12.6. The van der Waals surface area contributed by atoms with Crippen molar-refractivity contribution in [2.75, 3.05) is 11.4 Å². The molecule has 0 unspecified atom stereocenters.